The molecule has 11 heavy (non-hydrogen) atoms. The molecule has 1 aromatic heterocycles. The SMILES string of the molecule is CCCCc1cncc(Br)n1. The van der Waals surface area contributed by atoms with Gasteiger partial charge < -0.3 is 0 Å². The van der Waals surface area contributed by atoms with Gasteiger partial charge in [0, 0.05) is 6.20 Å². The highest BCUT2D eigenvalue weighted by atomic mass is 79.9. The summed E-state index contributed by atoms with van der Waals surface area (Å²) < 4.78 is 0.825. The van der Waals surface area contributed by atoms with Crippen LogP contribution in [-0.2, 0) is 6.42 Å². The van der Waals surface area contributed by atoms with E-state index in [1.807, 2.05) is 6.20 Å². The molecule has 1 heterocycles. The molecule has 60 valence electrons. The lowest BCUT2D eigenvalue weighted by atomic mass is 10.2. The standard InChI is InChI=1S/C8H11BrN2/c1-2-3-4-7-5-10-6-8(9)11-7/h5-6H,2-4H2,1H3. The van der Waals surface area contributed by atoms with Gasteiger partial charge in [0.05, 0.1) is 11.9 Å². The summed E-state index contributed by atoms with van der Waals surface area (Å²) in [6, 6.07) is 0. The van der Waals surface area contributed by atoms with Crippen molar-refractivity contribution in [3.05, 3.63) is 22.7 Å². The van der Waals surface area contributed by atoms with Crippen LogP contribution >= 0.6 is 15.9 Å². The summed E-state index contributed by atoms with van der Waals surface area (Å²) in [5, 5.41) is 0. The Morgan fingerprint density at radius 1 is 1.45 bits per heavy atom. The minimum atomic E-state index is 0.825. The number of aromatic nitrogens is 2. The molecule has 0 fully saturated rings. The molecule has 0 radical (unpaired) electrons. The summed E-state index contributed by atoms with van der Waals surface area (Å²) in [7, 11) is 0. The molecule has 0 aromatic carbocycles. The van der Waals surface area contributed by atoms with Crippen molar-refractivity contribution in [2.45, 2.75) is 26.2 Å². The van der Waals surface area contributed by atoms with Gasteiger partial charge in [0.1, 0.15) is 4.60 Å². The van der Waals surface area contributed by atoms with Gasteiger partial charge in [-0.1, -0.05) is 13.3 Å². The molecule has 0 saturated heterocycles. The van der Waals surface area contributed by atoms with Crippen molar-refractivity contribution in [1.29, 1.82) is 0 Å². The molecular weight excluding hydrogens is 204 g/mol. The Kier molecular flexibility index (Phi) is 3.49. The van der Waals surface area contributed by atoms with E-state index in [9.17, 15) is 0 Å². The monoisotopic (exact) mass is 214 g/mol. The fourth-order valence-electron chi connectivity index (χ4n) is 0.858. The Morgan fingerprint density at radius 2 is 2.27 bits per heavy atom. The topological polar surface area (TPSA) is 25.8 Å². The summed E-state index contributed by atoms with van der Waals surface area (Å²) >= 11 is 3.28. The van der Waals surface area contributed by atoms with Crippen LogP contribution in [0.3, 0.4) is 0 Å². The van der Waals surface area contributed by atoms with Crippen LogP contribution in [-0.4, -0.2) is 9.97 Å². The van der Waals surface area contributed by atoms with Gasteiger partial charge in [-0.25, -0.2) is 4.98 Å². The maximum absolute atomic E-state index is 4.26. The molecule has 0 amide bonds. The predicted octanol–water partition coefficient (Wildman–Crippen LogP) is 2.58. The molecule has 0 N–H and O–H groups in total. The van der Waals surface area contributed by atoms with Crippen molar-refractivity contribution in [3.63, 3.8) is 0 Å². The molecule has 0 aliphatic heterocycles. The second-order valence-electron chi connectivity index (χ2n) is 2.44. The smallest absolute Gasteiger partial charge is 0.124 e. The van der Waals surface area contributed by atoms with Crippen molar-refractivity contribution < 1.29 is 0 Å². The van der Waals surface area contributed by atoms with Crippen molar-refractivity contribution in [2.75, 3.05) is 0 Å². The second-order valence-corrected chi connectivity index (χ2v) is 3.25. The zero-order chi connectivity index (χ0) is 8.10. The fraction of sp³-hybridized carbons (Fsp3) is 0.500. The summed E-state index contributed by atoms with van der Waals surface area (Å²) in [5.41, 5.74) is 1.07. The van der Waals surface area contributed by atoms with Crippen LogP contribution in [0, 0.1) is 0 Å². The largest absolute Gasteiger partial charge is 0.260 e. The van der Waals surface area contributed by atoms with Crippen LogP contribution < -0.4 is 0 Å². The van der Waals surface area contributed by atoms with Gasteiger partial charge in [-0.2, -0.15) is 0 Å². The minimum absolute atomic E-state index is 0.825. The van der Waals surface area contributed by atoms with Crippen molar-refractivity contribution in [3.8, 4) is 0 Å². The van der Waals surface area contributed by atoms with E-state index >= 15 is 0 Å². The lowest BCUT2D eigenvalue weighted by molar-refractivity contribution is 0.769. The van der Waals surface area contributed by atoms with Gasteiger partial charge >= 0.3 is 0 Å². The highest BCUT2D eigenvalue weighted by Gasteiger charge is 1.94. The molecule has 0 unspecified atom stereocenters. The zero-order valence-electron chi connectivity index (χ0n) is 6.55. The van der Waals surface area contributed by atoms with Crippen LogP contribution in [0.5, 0.6) is 0 Å². The molecule has 3 heteroatoms. The summed E-state index contributed by atoms with van der Waals surface area (Å²) in [6.45, 7) is 2.17. The third kappa shape index (κ3) is 2.97. The van der Waals surface area contributed by atoms with E-state index in [1.165, 1.54) is 12.8 Å². The minimum Gasteiger partial charge on any atom is -0.260 e. The Balaban J connectivity index is 2.56. The number of hydrogen-bond acceptors (Lipinski definition) is 2. The summed E-state index contributed by atoms with van der Waals surface area (Å²) in [4.78, 5) is 8.29. The van der Waals surface area contributed by atoms with E-state index in [1.54, 1.807) is 6.20 Å². The van der Waals surface area contributed by atoms with Gasteiger partial charge in [0.2, 0.25) is 0 Å². The maximum atomic E-state index is 4.26. The average Bonchev–Trinajstić information content (AvgIpc) is 2.01. The number of nitrogens with zero attached hydrogens (tertiary/aromatic N) is 2. The first-order valence-electron chi connectivity index (χ1n) is 3.79. The first-order chi connectivity index (χ1) is 5.33. The molecule has 1 aromatic rings. The van der Waals surface area contributed by atoms with Crippen LogP contribution in [0.1, 0.15) is 25.5 Å². The third-order valence-electron chi connectivity index (χ3n) is 1.44. The van der Waals surface area contributed by atoms with Gasteiger partial charge in [0.15, 0.2) is 0 Å². The Bertz CT molecular complexity index is 225. The van der Waals surface area contributed by atoms with Gasteiger partial charge in [0.25, 0.3) is 0 Å². The van der Waals surface area contributed by atoms with Crippen LogP contribution in [0.25, 0.3) is 0 Å². The molecule has 0 spiro atoms. The van der Waals surface area contributed by atoms with Gasteiger partial charge in [-0.15, -0.1) is 0 Å². The second kappa shape index (κ2) is 4.44. The fourth-order valence-corrected chi connectivity index (χ4v) is 1.20. The maximum Gasteiger partial charge on any atom is 0.124 e. The molecule has 0 saturated carbocycles. The van der Waals surface area contributed by atoms with Gasteiger partial charge in [-0.05, 0) is 28.8 Å². The average molecular weight is 215 g/mol. The molecule has 1 rings (SSSR count). The highest BCUT2D eigenvalue weighted by Crippen LogP contribution is 2.06. The van der Waals surface area contributed by atoms with Crippen LogP contribution in [0.2, 0.25) is 0 Å². The lowest BCUT2D eigenvalue weighted by Crippen LogP contribution is -1.91. The molecule has 0 aliphatic carbocycles. The number of halogens is 1. The quantitative estimate of drug-likeness (QED) is 0.774. The van der Waals surface area contributed by atoms with Gasteiger partial charge in [-0.3, -0.25) is 4.98 Å². The molecule has 0 aliphatic rings. The van der Waals surface area contributed by atoms with E-state index in [0.29, 0.717) is 0 Å². The Morgan fingerprint density at radius 3 is 2.91 bits per heavy atom. The first-order valence-corrected chi connectivity index (χ1v) is 4.58. The van der Waals surface area contributed by atoms with Crippen molar-refractivity contribution >= 4 is 15.9 Å². The molecule has 0 bridgehead atoms. The Hall–Kier alpha value is -0.440. The summed E-state index contributed by atoms with van der Waals surface area (Å²) in [5.74, 6) is 0. The number of unbranched alkanes of at least 4 members (excludes halogenated alkanes) is 1. The molecular formula is C8H11BrN2. The Labute approximate surface area is 75.2 Å². The van der Waals surface area contributed by atoms with Crippen LogP contribution in [0.4, 0.5) is 0 Å². The predicted molar refractivity (Wildman–Crippen MR) is 48.3 cm³/mol. The van der Waals surface area contributed by atoms with Crippen LogP contribution in [0.15, 0.2) is 17.0 Å². The summed E-state index contributed by atoms with van der Waals surface area (Å²) in [6.07, 6.45) is 6.94. The van der Waals surface area contributed by atoms with E-state index < -0.39 is 0 Å². The van der Waals surface area contributed by atoms with E-state index in [-0.39, 0.29) is 0 Å². The normalized spacial score (nSPS) is 10.0. The lowest BCUT2D eigenvalue weighted by Gasteiger charge is -1.97. The highest BCUT2D eigenvalue weighted by molar-refractivity contribution is 9.10. The third-order valence-corrected chi connectivity index (χ3v) is 1.82. The van der Waals surface area contributed by atoms with E-state index in [0.717, 1.165) is 16.7 Å². The molecule has 2 nitrogen and oxygen atoms in total. The number of aryl methyl sites for hydroxylation is 1. The first kappa shape index (κ1) is 8.65. The zero-order valence-corrected chi connectivity index (χ0v) is 8.13. The number of rotatable bonds is 3. The van der Waals surface area contributed by atoms with E-state index in [2.05, 4.69) is 32.8 Å². The molecule has 0 atom stereocenters. The van der Waals surface area contributed by atoms with Crippen molar-refractivity contribution in [2.24, 2.45) is 0 Å². The number of hydrogen-bond donors (Lipinski definition) is 0. The van der Waals surface area contributed by atoms with E-state index in [4.69, 9.17) is 0 Å². The van der Waals surface area contributed by atoms with Crippen molar-refractivity contribution in [1.82, 2.24) is 9.97 Å².